The Morgan fingerprint density at radius 2 is 1.92 bits per heavy atom. The third-order valence-electron chi connectivity index (χ3n) is 8.25. The fourth-order valence-corrected chi connectivity index (χ4v) is 10.3. The van der Waals surface area contributed by atoms with Gasteiger partial charge in [0.25, 0.3) is 0 Å². The Bertz CT molecular complexity index is 2250. The van der Waals surface area contributed by atoms with Gasteiger partial charge in [-0.2, -0.15) is 8.62 Å². The molecule has 1 fully saturated rings. The van der Waals surface area contributed by atoms with Gasteiger partial charge in [-0.3, -0.25) is 9.32 Å². The van der Waals surface area contributed by atoms with Gasteiger partial charge in [-0.25, -0.2) is 28.5 Å². The minimum atomic E-state index is -5.85. The van der Waals surface area contributed by atoms with Crippen LogP contribution in [0, 0.1) is 11.8 Å². The third-order valence-corrected chi connectivity index (χ3v) is 14.1. The van der Waals surface area contributed by atoms with Crippen molar-refractivity contribution < 1.29 is 70.2 Å². The Morgan fingerprint density at radius 3 is 2.66 bits per heavy atom. The van der Waals surface area contributed by atoms with Gasteiger partial charge >= 0.3 is 29.4 Å². The van der Waals surface area contributed by atoms with Crippen molar-refractivity contribution in [1.82, 2.24) is 25.2 Å². The molecule has 334 valence electrons. The first kappa shape index (κ1) is 50.1. The lowest BCUT2D eigenvalue weighted by atomic mass is 10.0. The SMILES string of the molecule is CNCCSSCOCCCCC(=O)NCC#Cc1cn([C@H]2CC(OC(=O)c3ccccc3C(C)N=[N+]=[N-])[C@@H](COP(=O)(O)OP(=O)(O)OP(=O)(O)O)O2)c2ncnc(N)c12. The van der Waals surface area contributed by atoms with Crippen molar-refractivity contribution in [3.63, 3.8) is 0 Å². The average Bonchev–Trinajstić information content (AvgIpc) is 3.76. The molecule has 0 radical (unpaired) electrons. The lowest BCUT2D eigenvalue weighted by Gasteiger charge is -2.21. The van der Waals surface area contributed by atoms with E-state index in [4.69, 9.17) is 39.8 Å². The Labute approximate surface area is 356 Å². The normalized spacial score (nSPS) is 18.9. The van der Waals surface area contributed by atoms with E-state index in [1.54, 1.807) is 46.7 Å². The molecule has 1 aliphatic heterocycles. The molecule has 3 aromatic rings. The van der Waals surface area contributed by atoms with Gasteiger partial charge in [-0.15, -0.1) is 0 Å². The molecule has 2 aromatic heterocycles. The highest BCUT2D eigenvalue weighted by Crippen LogP contribution is 2.66. The summed E-state index contributed by atoms with van der Waals surface area (Å²) in [6.07, 6.45) is 0.379. The topological polar surface area (TPSA) is 351 Å². The standard InChI is InChI=1S/C32H44N9O15P3S2/c1-21(39-40-34)23-9-3-4-10-24(23)32(43)54-25-16-28(53-26(25)18-52-58(47,48)56-59(49,50)55-57(44,45)46)41-17-22(29-30(33)37-19-38-31(29)41)8-7-12-36-27(42)11-5-6-14-51-20-61-60-15-13-35-2/h3-4,9-10,17,19,21,25-26,28,35H,5-6,11-16,18,20H2,1-2H3,(H,36,42)(H,47,48)(H,49,50)(H2,33,37,38)(H2,44,45,46)/t21?,25?,26-,28-/m1/s1. The van der Waals surface area contributed by atoms with Gasteiger partial charge in [0.1, 0.15) is 42.2 Å². The molecule has 1 aliphatic rings. The van der Waals surface area contributed by atoms with Crippen LogP contribution in [0.5, 0.6) is 0 Å². The van der Waals surface area contributed by atoms with E-state index in [1.165, 1.54) is 23.2 Å². The molecule has 0 spiro atoms. The van der Waals surface area contributed by atoms with Gasteiger partial charge in [0.2, 0.25) is 5.91 Å². The minimum absolute atomic E-state index is 0.00349. The lowest BCUT2D eigenvalue weighted by molar-refractivity contribution is -0.121. The molecular weight excluding hydrogens is 907 g/mol. The second-order valence-electron chi connectivity index (χ2n) is 12.7. The molecule has 24 nitrogen and oxygen atoms in total. The molecule has 61 heavy (non-hydrogen) atoms. The van der Waals surface area contributed by atoms with Crippen LogP contribution in [0.2, 0.25) is 0 Å². The molecule has 6 atom stereocenters. The number of ether oxygens (including phenoxy) is 3. The number of unbranched alkanes of at least 4 members (excludes halogenated alkanes) is 1. The molecule has 0 aliphatic carbocycles. The second kappa shape index (κ2) is 23.8. The number of azide groups is 1. The molecule has 0 saturated carbocycles. The molecule has 3 heterocycles. The van der Waals surface area contributed by atoms with Crippen molar-refractivity contribution in [3.8, 4) is 11.8 Å². The average molecular weight is 952 g/mol. The highest BCUT2D eigenvalue weighted by Gasteiger charge is 2.45. The zero-order valence-electron chi connectivity index (χ0n) is 32.5. The van der Waals surface area contributed by atoms with Gasteiger partial charge in [0.05, 0.1) is 35.7 Å². The number of carbonyl (C=O) groups is 2. The van der Waals surface area contributed by atoms with Crippen molar-refractivity contribution >= 4 is 73.8 Å². The summed E-state index contributed by atoms with van der Waals surface area (Å²) in [6, 6.07) is 5.34. The van der Waals surface area contributed by atoms with E-state index in [2.05, 4.69) is 51.1 Å². The van der Waals surface area contributed by atoms with E-state index in [0.717, 1.165) is 12.3 Å². The van der Waals surface area contributed by atoms with Crippen molar-refractivity contribution in [3.05, 3.63) is 63.9 Å². The van der Waals surface area contributed by atoms with E-state index in [0.29, 0.717) is 41.9 Å². The Hall–Kier alpha value is -3.56. The first-order chi connectivity index (χ1) is 28.9. The zero-order chi connectivity index (χ0) is 44.6. The maximum atomic E-state index is 13.6. The molecular formula is C32H44N9O15P3S2. The summed E-state index contributed by atoms with van der Waals surface area (Å²) in [6.45, 7) is 2.05. The summed E-state index contributed by atoms with van der Waals surface area (Å²) in [5.41, 5.74) is 16.1. The molecule has 1 amide bonds. The van der Waals surface area contributed by atoms with Crippen molar-refractivity contribution in [2.45, 2.75) is 57.1 Å². The van der Waals surface area contributed by atoms with E-state index in [-0.39, 0.29) is 42.3 Å². The van der Waals surface area contributed by atoms with Gasteiger partial charge in [0, 0.05) is 42.9 Å². The number of phosphoric ester groups is 1. The molecule has 29 heteroatoms. The molecule has 0 bridgehead atoms. The van der Waals surface area contributed by atoms with Crippen LogP contribution >= 0.6 is 45.1 Å². The third kappa shape index (κ3) is 16.3. The van der Waals surface area contributed by atoms with Gasteiger partial charge in [0.15, 0.2) is 0 Å². The zero-order valence-corrected chi connectivity index (χ0v) is 36.9. The van der Waals surface area contributed by atoms with Gasteiger partial charge < -0.3 is 54.7 Å². The number of hydrogen-bond acceptors (Lipinski definition) is 18. The second-order valence-corrected chi connectivity index (χ2v) is 19.6. The van der Waals surface area contributed by atoms with Crippen LogP contribution in [0.25, 0.3) is 21.5 Å². The number of nitrogens with one attached hydrogen (secondary N) is 2. The van der Waals surface area contributed by atoms with Crippen LogP contribution in [-0.4, -0.2) is 103 Å². The van der Waals surface area contributed by atoms with E-state index < -0.39 is 60.5 Å². The monoisotopic (exact) mass is 951 g/mol. The van der Waals surface area contributed by atoms with Crippen LogP contribution < -0.4 is 16.4 Å². The number of amides is 1. The van der Waals surface area contributed by atoms with Crippen LogP contribution in [0.15, 0.2) is 41.9 Å². The number of hydrogen-bond donors (Lipinski definition) is 7. The van der Waals surface area contributed by atoms with Crippen molar-refractivity contribution in [1.29, 1.82) is 0 Å². The number of rotatable bonds is 24. The highest BCUT2D eigenvalue weighted by atomic mass is 33.1. The fourth-order valence-electron chi connectivity index (χ4n) is 5.62. The van der Waals surface area contributed by atoms with Crippen LogP contribution in [0.4, 0.5) is 5.82 Å². The Kier molecular flexibility index (Phi) is 19.5. The number of nitrogen functional groups attached to an aromatic ring is 1. The number of fused-ring (bicyclic) bond motifs is 1. The molecule has 8 N–H and O–H groups in total. The number of esters is 1. The number of nitrogens with two attached hydrogens (primary N) is 1. The van der Waals surface area contributed by atoms with Crippen molar-refractivity contribution in [2.24, 2.45) is 5.11 Å². The summed E-state index contributed by atoms with van der Waals surface area (Å²) >= 11 is 0. The quantitative estimate of drug-likeness (QED) is 0.00750. The first-order valence-electron chi connectivity index (χ1n) is 18.0. The summed E-state index contributed by atoms with van der Waals surface area (Å²) in [5.74, 6) is 6.29. The summed E-state index contributed by atoms with van der Waals surface area (Å²) in [5, 5.41) is 9.77. The van der Waals surface area contributed by atoms with Crippen LogP contribution in [0.1, 0.15) is 66.4 Å². The van der Waals surface area contributed by atoms with Gasteiger partial charge in [-0.05, 0) is 37.1 Å². The molecule has 4 unspecified atom stereocenters. The van der Waals surface area contributed by atoms with E-state index >= 15 is 0 Å². The summed E-state index contributed by atoms with van der Waals surface area (Å²) in [7, 11) is -11.9. The Morgan fingerprint density at radius 1 is 1.15 bits per heavy atom. The predicted molar refractivity (Wildman–Crippen MR) is 222 cm³/mol. The maximum absolute atomic E-state index is 13.6. The first-order valence-corrected chi connectivity index (χ1v) is 25.1. The van der Waals surface area contributed by atoms with Gasteiger partial charge in [-0.1, -0.05) is 63.7 Å². The largest absolute Gasteiger partial charge is 0.490 e. The van der Waals surface area contributed by atoms with E-state index in [9.17, 15) is 33.1 Å². The molecule has 1 saturated heterocycles. The number of benzene rings is 1. The summed E-state index contributed by atoms with van der Waals surface area (Å²) in [4.78, 5) is 74.7. The van der Waals surface area contributed by atoms with Crippen molar-refractivity contribution in [2.75, 3.05) is 50.8 Å². The highest BCUT2D eigenvalue weighted by molar-refractivity contribution is 8.76. The number of aromatic nitrogens is 3. The number of anilines is 1. The smallest absolute Gasteiger partial charge is 0.456 e. The maximum Gasteiger partial charge on any atom is 0.490 e. The number of nitrogens with zero attached hydrogens (tertiary/aromatic N) is 6. The molecule has 1 aromatic carbocycles. The fraction of sp³-hybridized carbons (Fsp3) is 0.500. The van der Waals surface area contributed by atoms with Crippen LogP contribution in [-0.2, 0) is 45.8 Å². The van der Waals surface area contributed by atoms with E-state index in [1.807, 2.05) is 7.05 Å². The predicted octanol–water partition coefficient (Wildman–Crippen LogP) is 4.45. The minimum Gasteiger partial charge on any atom is -0.456 e. The number of phosphoric acid groups is 3. The molecule has 4 rings (SSSR count). The summed E-state index contributed by atoms with van der Waals surface area (Å²) < 4.78 is 67.1. The van der Waals surface area contributed by atoms with Crippen LogP contribution in [0.3, 0.4) is 0 Å². The Balaban J connectivity index is 1.49. The lowest BCUT2D eigenvalue weighted by Crippen LogP contribution is -2.31. The number of carbonyl (C=O) groups excluding carboxylic acids is 2.